The summed E-state index contributed by atoms with van der Waals surface area (Å²) < 4.78 is 4.91. The van der Waals surface area contributed by atoms with Gasteiger partial charge in [-0.2, -0.15) is 0 Å². The molecule has 2 aromatic rings. The summed E-state index contributed by atoms with van der Waals surface area (Å²) in [5, 5.41) is 16.7. The third kappa shape index (κ3) is 5.94. The SMILES string of the molecule is CCOC(=O)c1ccc(N/C(=C\[N+](=O)[O-])NCc2ccncc2)cc1. The highest BCUT2D eigenvalue weighted by Gasteiger charge is 2.08. The van der Waals surface area contributed by atoms with Crippen LogP contribution in [0.4, 0.5) is 5.69 Å². The maximum absolute atomic E-state index is 11.6. The Morgan fingerprint density at radius 1 is 1.24 bits per heavy atom. The van der Waals surface area contributed by atoms with Crippen LogP contribution in [0.3, 0.4) is 0 Å². The first kappa shape index (κ1) is 17.9. The highest BCUT2D eigenvalue weighted by molar-refractivity contribution is 5.89. The van der Waals surface area contributed by atoms with Crippen LogP contribution in [0.2, 0.25) is 0 Å². The van der Waals surface area contributed by atoms with Crippen LogP contribution in [0.25, 0.3) is 0 Å². The third-order valence-corrected chi connectivity index (χ3v) is 3.14. The largest absolute Gasteiger partial charge is 0.462 e. The number of aromatic nitrogens is 1. The summed E-state index contributed by atoms with van der Waals surface area (Å²) in [5.41, 5.74) is 1.95. The van der Waals surface area contributed by atoms with Crippen molar-refractivity contribution in [2.75, 3.05) is 11.9 Å². The number of benzene rings is 1. The Hall–Kier alpha value is -3.42. The van der Waals surface area contributed by atoms with E-state index in [1.165, 1.54) is 0 Å². The molecule has 8 heteroatoms. The number of hydrogen-bond donors (Lipinski definition) is 2. The Kier molecular flexibility index (Phi) is 6.47. The maximum atomic E-state index is 11.6. The summed E-state index contributed by atoms with van der Waals surface area (Å²) in [7, 11) is 0. The minimum atomic E-state index is -0.547. The molecule has 1 heterocycles. The molecule has 0 aliphatic heterocycles. The Balaban J connectivity index is 2.04. The molecule has 0 saturated carbocycles. The normalized spacial score (nSPS) is 10.8. The summed E-state index contributed by atoms with van der Waals surface area (Å²) in [6.45, 7) is 2.43. The molecular formula is C17H18N4O4. The zero-order valence-electron chi connectivity index (χ0n) is 13.6. The number of nitrogens with zero attached hydrogens (tertiary/aromatic N) is 2. The fraction of sp³-hybridized carbons (Fsp3) is 0.176. The van der Waals surface area contributed by atoms with E-state index in [1.807, 2.05) is 12.1 Å². The van der Waals surface area contributed by atoms with Crippen molar-refractivity contribution in [1.29, 1.82) is 0 Å². The maximum Gasteiger partial charge on any atom is 0.338 e. The van der Waals surface area contributed by atoms with Gasteiger partial charge in [0.05, 0.1) is 17.1 Å². The molecule has 0 aliphatic carbocycles. The first-order valence-electron chi connectivity index (χ1n) is 7.60. The molecule has 8 nitrogen and oxygen atoms in total. The summed E-state index contributed by atoms with van der Waals surface area (Å²) in [6, 6.07) is 10.1. The number of carbonyl (C=O) groups is 1. The van der Waals surface area contributed by atoms with Crippen molar-refractivity contribution in [1.82, 2.24) is 10.3 Å². The molecule has 130 valence electrons. The predicted octanol–water partition coefficient (Wildman–Crippen LogP) is 2.54. The van der Waals surface area contributed by atoms with Gasteiger partial charge in [0.1, 0.15) is 0 Å². The monoisotopic (exact) mass is 342 g/mol. The van der Waals surface area contributed by atoms with Gasteiger partial charge in [-0.05, 0) is 48.9 Å². The van der Waals surface area contributed by atoms with Gasteiger partial charge in [0.15, 0.2) is 5.82 Å². The Labute approximate surface area is 144 Å². The van der Waals surface area contributed by atoms with Crippen LogP contribution in [0, 0.1) is 10.1 Å². The zero-order valence-corrected chi connectivity index (χ0v) is 13.6. The molecule has 0 aliphatic rings. The van der Waals surface area contributed by atoms with E-state index < -0.39 is 10.9 Å². The third-order valence-electron chi connectivity index (χ3n) is 3.14. The topological polar surface area (TPSA) is 106 Å². The molecule has 0 fully saturated rings. The van der Waals surface area contributed by atoms with E-state index >= 15 is 0 Å². The summed E-state index contributed by atoms with van der Waals surface area (Å²) in [5.74, 6) is -0.184. The molecule has 0 spiro atoms. The molecule has 25 heavy (non-hydrogen) atoms. The highest BCUT2D eigenvalue weighted by Crippen LogP contribution is 2.12. The first-order valence-corrected chi connectivity index (χ1v) is 7.60. The van der Waals surface area contributed by atoms with Crippen molar-refractivity contribution < 1.29 is 14.5 Å². The van der Waals surface area contributed by atoms with Crippen LogP contribution < -0.4 is 10.6 Å². The smallest absolute Gasteiger partial charge is 0.338 e. The molecule has 2 rings (SSSR count). The second-order valence-corrected chi connectivity index (χ2v) is 4.96. The number of pyridine rings is 1. The lowest BCUT2D eigenvalue weighted by Crippen LogP contribution is -2.20. The molecular weight excluding hydrogens is 324 g/mol. The van der Waals surface area contributed by atoms with Crippen LogP contribution in [0.1, 0.15) is 22.8 Å². The fourth-order valence-corrected chi connectivity index (χ4v) is 1.99. The summed E-state index contributed by atoms with van der Waals surface area (Å²) in [6.07, 6.45) is 4.14. The average molecular weight is 342 g/mol. The molecule has 0 saturated heterocycles. The Bertz CT molecular complexity index is 745. The number of carbonyl (C=O) groups excluding carboxylic acids is 1. The van der Waals surface area contributed by atoms with Crippen molar-refractivity contribution >= 4 is 11.7 Å². The number of hydrogen-bond acceptors (Lipinski definition) is 7. The van der Waals surface area contributed by atoms with Gasteiger partial charge in [-0.15, -0.1) is 0 Å². The summed E-state index contributed by atoms with van der Waals surface area (Å²) >= 11 is 0. The molecule has 0 atom stereocenters. The van der Waals surface area contributed by atoms with E-state index in [0.717, 1.165) is 11.8 Å². The number of ether oxygens (including phenoxy) is 1. The lowest BCUT2D eigenvalue weighted by molar-refractivity contribution is -0.403. The fourth-order valence-electron chi connectivity index (χ4n) is 1.99. The minimum absolute atomic E-state index is 0.227. The molecule has 0 radical (unpaired) electrons. The van der Waals surface area contributed by atoms with Crippen molar-refractivity contribution in [2.24, 2.45) is 0 Å². The number of anilines is 1. The average Bonchev–Trinajstić information content (AvgIpc) is 2.61. The standard InChI is InChI=1S/C17H18N4O4/c1-2-25-17(22)14-3-5-15(6-4-14)20-16(12-21(23)24)19-11-13-7-9-18-10-8-13/h3-10,12,19-20H,2,11H2,1H3/b16-12-. The van der Waals surface area contributed by atoms with E-state index in [0.29, 0.717) is 24.4 Å². The van der Waals surface area contributed by atoms with Crippen molar-refractivity contribution in [3.05, 3.63) is 82.1 Å². The van der Waals surface area contributed by atoms with Crippen molar-refractivity contribution in [3.8, 4) is 0 Å². The predicted molar refractivity (Wildman–Crippen MR) is 92.2 cm³/mol. The molecule has 2 N–H and O–H groups in total. The van der Waals surface area contributed by atoms with Gasteiger partial charge in [-0.3, -0.25) is 15.1 Å². The van der Waals surface area contributed by atoms with Gasteiger partial charge >= 0.3 is 5.97 Å². The number of nitrogens with one attached hydrogen (secondary N) is 2. The zero-order chi connectivity index (χ0) is 18.1. The van der Waals surface area contributed by atoms with E-state index in [-0.39, 0.29) is 5.82 Å². The van der Waals surface area contributed by atoms with Gasteiger partial charge in [-0.1, -0.05) is 0 Å². The van der Waals surface area contributed by atoms with Crippen molar-refractivity contribution in [3.63, 3.8) is 0 Å². The van der Waals surface area contributed by atoms with Gasteiger partial charge in [0.2, 0.25) is 0 Å². The van der Waals surface area contributed by atoms with E-state index in [9.17, 15) is 14.9 Å². The molecule has 1 aromatic heterocycles. The number of esters is 1. The van der Waals surface area contributed by atoms with E-state index in [1.54, 1.807) is 43.6 Å². The first-order chi connectivity index (χ1) is 12.1. The second kappa shape index (κ2) is 9.02. The molecule has 0 amide bonds. The van der Waals surface area contributed by atoms with Crippen LogP contribution in [-0.2, 0) is 11.3 Å². The van der Waals surface area contributed by atoms with E-state index in [2.05, 4.69) is 15.6 Å². The Morgan fingerprint density at radius 2 is 1.92 bits per heavy atom. The second-order valence-electron chi connectivity index (χ2n) is 4.96. The number of rotatable bonds is 8. The Morgan fingerprint density at radius 3 is 2.52 bits per heavy atom. The highest BCUT2D eigenvalue weighted by atomic mass is 16.6. The lowest BCUT2D eigenvalue weighted by atomic mass is 10.2. The van der Waals surface area contributed by atoms with Crippen LogP contribution in [-0.4, -0.2) is 22.5 Å². The van der Waals surface area contributed by atoms with Crippen molar-refractivity contribution in [2.45, 2.75) is 13.5 Å². The van der Waals surface area contributed by atoms with Gasteiger partial charge < -0.3 is 15.4 Å². The van der Waals surface area contributed by atoms with Crippen LogP contribution in [0.5, 0.6) is 0 Å². The molecule has 0 bridgehead atoms. The molecule has 0 unspecified atom stereocenters. The minimum Gasteiger partial charge on any atom is -0.462 e. The molecule has 1 aromatic carbocycles. The van der Waals surface area contributed by atoms with Gasteiger partial charge in [0, 0.05) is 24.6 Å². The van der Waals surface area contributed by atoms with Gasteiger partial charge in [0.25, 0.3) is 6.20 Å². The van der Waals surface area contributed by atoms with E-state index in [4.69, 9.17) is 4.74 Å². The van der Waals surface area contributed by atoms with Crippen LogP contribution >= 0.6 is 0 Å². The quantitative estimate of drug-likeness (QED) is 0.431. The lowest BCUT2D eigenvalue weighted by Gasteiger charge is -2.12. The number of nitro groups is 1. The summed E-state index contributed by atoms with van der Waals surface area (Å²) in [4.78, 5) is 25.8. The van der Waals surface area contributed by atoms with Gasteiger partial charge in [-0.25, -0.2) is 4.79 Å². The van der Waals surface area contributed by atoms with Crippen LogP contribution in [0.15, 0.2) is 60.8 Å².